The molecule has 1 N–H and O–H groups in total. The van der Waals surface area contributed by atoms with Crippen LogP contribution in [0.1, 0.15) is 10.5 Å². The Balaban J connectivity index is 2.82. The fourth-order valence-electron chi connectivity index (χ4n) is 1.47. The van der Waals surface area contributed by atoms with Gasteiger partial charge in [-0.1, -0.05) is 0 Å². The summed E-state index contributed by atoms with van der Waals surface area (Å²) in [6.07, 6.45) is 0. The van der Waals surface area contributed by atoms with E-state index in [4.69, 9.17) is 9.84 Å². The lowest BCUT2D eigenvalue weighted by Gasteiger charge is -2.06. The maximum Gasteiger partial charge on any atom is 0.354 e. The third-order valence-corrected chi connectivity index (χ3v) is 2.25. The fraction of sp³-hybridized carbons (Fsp3) is 0.0909. The predicted molar refractivity (Wildman–Crippen MR) is 55.2 cm³/mol. The molecule has 0 saturated heterocycles. The monoisotopic (exact) mass is 239 g/mol. The summed E-state index contributed by atoms with van der Waals surface area (Å²) in [4.78, 5) is 14.5. The van der Waals surface area contributed by atoms with Gasteiger partial charge in [0.15, 0.2) is 17.3 Å². The van der Waals surface area contributed by atoms with Crippen molar-refractivity contribution in [1.82, 2.24) is 4.98 Å². The molecule has 0 unspecified atom stereocenters. The number of fused-ring (bicyclic) bond motifs is 1. The second kappa shape index (κ2) is 3.97. The van der Waals surface area contributed by atoms with Crippen molar-refractivity contribution in [2.24, 2.45) is 0 Å². The van der Waals surface area contributed by atoms with Crippen molar-refractivity contribution in [1.29, 1.82) is 0 Å². The summed E-state index contributed by atoms with van der Waals surface area (Å²) in [5.41, 5.74) is -0.263. The number of carboxylic acid groups (broad SMARTS) is 1. The van der Waals surface area contributed by atoms with Crippen molar-refractivity contribution >= 4 is 16.9 Å². The van der Waals surface area contributed by atoms with Crippen molar-refractivity contribution < 1.29 is 23.4 Å². The maximum atomic E-state index is 13.0. The molecule has 4 nitrogen and oxygen atoms in total. The zero-order chi connectivity index (χ0) is 12.6. The summed E-state index contributed by atoms with van der Waals surface area (Å²) in [6.45, 7) is 0. The Kier molecular flexibility index (Phi) is 2.63. The normalized spacial score (nSPS) is 10.5. The van der Waals surface area contributed by atoms with E-state index in [1.165, 1.54) is 7.11 Å². The highest BCUT2D eigenvalue weighted by Gasteiger charge is 2.14. The van der Waals surface area contributed by atoms with Crippen LogP contribution in [0, 0.1) is 11.6 Å². The van der Waals surface area contributed by atoms with Gasteiger partial charge in [0.05, 0.1) is 12.6 Å². The van der Waals surface area contributed by atoms with Crippen LogP contribution in [0.5, 0.6) is 5.75 Å². The molecule has 2 rings (SSSR count). The summed E-state index contributed by atoms with van der Waals surface area (Å²) in [7, 11) is 1.31. The van der Waals surface area contributed by atoms with E-state index in [1.807, 2.05) is 0 Å². The lowest BCUT2D eigenvalue weighted by Crippen LogP contribution is -2.02. The highest BCUT2D eigenvalue weighted by atomic mass is 19.2. The van der Waals surface area contributed by atoms with Gasteiger partial charge < -0.3 is 9.84 Å². The molecule has 0 saturated carbocycles. The largest absolute Gasteiger partial charge is 0.496 e. The summed E-state index contributed by atoms with van der Waals surface area (Å²) < 4.78 is 31.0. The van der Waals surface area contributed by atoms with Crippen LogP contribution in [-0.4, -0.2) is 23.2 Å². The standard InChI is InChI=1S/C11H7F2NO3/c1-17-10-4-9(11(15)16)14-8-3-7(13)6(12)2-5(8)10/h2-4H,1H3,(H,15,16). The fourth-order valence-corrected chi connectivity index (χ4v) is 1.47. The van der Waals surface area contributed by atoms with Crippen LogP contribution in [0.4, 0.5) is 8.78 Å². The molecule has 17 heavy (non-hydrogen) atoms. The number of aromatic nitrogens is 1. The van der Waals surface area contributed by atoms with Gasteiger partial charge in [-0.3, -0.25) is 0 Å². The van der Waals surface area contributed by atoms with Gasteiger partial charge in [0.1, 0.15) is 5.75 Å². The number of halogens is 2. The van der Waals surface area contributed by atoms with Crippen molar-refractivity contribution in [2.45, 2.75) is 0 Å². The number of methoxy groups -OCH3 is 1. The molecule has 0 fully saturated rings. The minimum Gasteiger partial charge on any atom is -0.496 e. The lowest BCUT2D eigenvalue weighted by molar-refractivity contribution is 0.0690. The van der Waals surface area contributed by atoms with Crippen LogP contribution in [-0.2, 0) is 0 Å². The molecule has 0 aliphatic heterocycles. The van der Waals surface area contributed by atoms with Crippen molar-refractivity contribution in [3.05, 3.63) is 35.5 Å². The van der Waals surface area contributed by atoms with Crippen LogP contribution in [0.3, 0.4) is 0 Å². The van der Waals surface area contributed by atoms with Crippen LogP contribution >= 0.6 is 0 Å². The highest BCUT2D eigenvalue weighted by Crippen LogP contribution is 2.27. The molecule has 2 aromatic rings. The Hall–Kier alpha value is -2.24. The Morgan fingerprint density at radius 2 is 1.94 bits per heavy atom. The number of carboxylic acids is 1. The molecule has 1 aromatic heterocycles. The van der Waals surface area contributed by atoms with Gasteiger partial charge in [-0.2, -0.15) is 0 Å². The van der Waals surface area contributed by atoms with Gasteiger partial charge in [0.25, 0.3) is 0 Å². The molecule has 0 spiro atoms. The van der Waals surface area contributed by atoms with E-state index in [0.717, 1.165) is 18.2 Å². The molecular weight excluding hydrogens is 232 g/mol. The number of hydrogen-bond acceptors (Lipinski definition) is 3. The molecule has 88 valence electrons. The minimum absolute atomic E-state index is 0.0284. The molecule has 1 aromatic carbocycles. The van der Waals surface area contributed by atoms with Gasteiger partial charge in [0, 0.05) is 17.5 Å². The number of ether oxygens (including phenoxy) is 1. The first-order valence-electron chi connectivity index (χ1n) is 4.60. The summed E-state index contributed by atoms with van der Waals surface area (Å²) in [5.74, 6) is -3.27. The second-order valence-electron chi connectivity index (χ2n) is 3.30. The Morgan fingerprint density at radius 1 is 1.29 bits per heavy atom. The van der Waals surface area contributed by atoms with Crippen LogP contribution in [0.25, 0.3) is 10.9 Å². The Morgan fingerprint density at radius 3 is 2.53 bits per heavy atom. The molecule has 0 aliphatic carbocycles. The molecular formula is C11H7F2NO3. The number of rotatable bonds is 2. The minimum atomic E-state index is -1.27. The van der Waals surface area contributed by atoms with E-state index in [0.29, 0.717) is 0 Å². The van der Waals surface area contributed by atoms with Gasteiger partial charge in [-0.25, -0.2) is 18.6 Å². The molecule has 0 amide bonds. The maximum absolute atomic E-state index is 13.0. The van der Waals surface area contributed by atoms with Gasteiger partial charge in [-0.15, -0.1) is 0 Å². The second-order valence-corrected chi connectivity index (χ2v) is 3.30. The number of nitrogens with zero attached hydrogens (tertiary/aromatic N) is 1. The van der Waals surface area contributed by atoms with E-state index in [9.17, 15) is 13.6 Å². The molecule has 6 heteroatoms. The average Bonchev–Trinajstić information content (AvgIpc) is 2.29. The number of carbonyl (C=O) groups is 1. The SMILES string of the molecule is COc1cc(C(=O)O)nc2cc(F)c(F)cc12. The quantitative estimate of drug-likeness (QED) is 0.872. The summed E-state index contributed by atoms with van der Waals surface area (Å²) in [5, 5.41) is 9.02. The van der Waals surface area contributed by atoms with Crippen molar-refractivity contribution in [3.63, 3.8) is 0 Å². The zero-order valence-corrected chi connectivity index (χ0v) is 8.70. The van der Waals surface area contributed by atoms with Crippen molar-refractivity contribution in [3.8, 4) is 5.75 Å². The first kappa shape index (κ1) is 11.3. The predicted octanol–water partition coefficient (Wildman–Crippen LogP) is 2.22. The number of hydrogen-bond donors (Lipinski definition) is 1. The molecule has 0 radical (unpaired) electrons. The van der Waals surface area contributed by atoms with E-state index < -0.39 is 17.6 Å². The number of pyridine rings is 1. The third-order valence-electron chi connectivity index (χ3n) is 2.25. The van der Waals surface area contributed by atoms with Gasteiger partial charge in [0.2, 0.25) is 0 Å². The first-order chi connectivity index (χ1) is 8.02. The van der Waals surface area contributed by atoms with E-state index in [-0.39, 0.29) is 22.3 Å². The molecule has 0 bridgehead atoms. The van der Waals surface area contributed by atoms with Gasteiger partial charge in [-0.05, 0) is 6.07 Å². The number of benzene rings is 1. The topological polar surface area (TPSA) is 59.4 Å². The summed E-state index contributed by atoms with van der Waals surface area (Å²) >= 11 is 0. The summed E-state index contributed by atoms with van der Waals surface area (Å²) in [6, 6.07) is 2.91. The van der Waals surface area contributed by atoms with Crippen LogP contribution in [0.2, 0.25) is 0 Å². The smallest absolute Gasteiger partial charge is 0.354 e. The van der Waals surface area contributed by atoms with Gasteiger partial charge >= 0.3 is 5.97 Å². The average molecular weight is 239 g/mol. The molecule has 0 aliphatic rings. The van der Waals surface area contributed by atoms with Crippen LogP contribution < -0.4 is 4.74 Å². The van der Waals surface area contributed by atoms with Crippen molar-refractivity contribution in [2.75, 3.05) is 7.11 Å². The Labute approximate surface area is 94.5 Å². The lowest BCUT2D eigenvalue weighted by atomic mass is 10.1. The van der Waals surface area contributed by atoms with E-state index in [1.54, 1.807) is 0 Å². The van der Waals surface area contributed by atoms with E-state index in [2.05, 4.69) is 4.98 Å². The molecule has 0 atom stereocenters. The third kappa shape index (κ3) is 1.89. The number of aromatic carboxylic acids is 1. The highest BCUT2D eigenvalue weighted by molar-refractivity contribution is 5.93. The Bertz CT molecular complexity index is 613. The molecule has 1 heterocycles. The van der Waals surface area contributed by atoms with E-state index >= 15 is 0 Å². The zero-order valence-electron chi connectivity index (χ0n) is 8.70. The first-order valence-corrected chi connectivity index (χ1v) is 4.60. The van der Waals surface area contributed by atoms with Crippen LogP contribution in [0.15, 0.2) is 18.2 Å².